The molecule has 3 rings (SSSR count). The summed E-state index contributed by atoms with van der Waals surface area (Å²) in [6.07, 6.45) is 4.38. The van der Waals surface area contributed by atoms with Crippen molar-refractivity contribution in [3.8, 4) is 5.75 Å². The van der Waals surface area contributed by atoms with Crippen LogP contribution >= 0.6 is 11.6 Å². The minimum atomic E-state index is -0.318. The fourth-order valence-electron chi connectivity index (χ4n) is 3.22. The minimum Gasteiger partial charge on any atom is -0.495 e. The molecule has 0 atom stereocenters. The van der Waals surface area contributed by atoms with Crippen LogP contribution in [0.4, 0.5) is 5.69 Å². The van der Waals surface area contributed by atoms with Crippen LogP contribution in [0.2, 0.25) is 5.02 Å². The molecule has 1 N–H and O–H groups in total. The first-order valence-electron chi connectivity index (χ1n) is 9.13. The summed E-state index contributed by atoms with van der Waals surface area (Å²) in [6, 6.07) is 11.8. The maximum Gasteiger partial charge on any atom is 0.255 e. The van der Waals surface area contributed by atoms with Gasteiger partial charge in [-0.25, -0.2) is 0 Å². The van der Waals surface area contributed by atoms with Gasteiger partial charge in [-0.2, -0.15) is 0 Å². The second kappa shape index (κ2) is 8.91. The number of anilines is 1. The zero-order valence-corrected chi connectivity index (χ0v) is 16.1. The van der Waals surface area contributed by atoms with Gasteiger partial charge in [0.2, 0.25) is 0 Å². The van der Waals surface area contributed by atoms with Crippen molar-refractivity contribution in [2.24, 2.45) is 0 Å². The molecule has 0 spiro atoms. The quantitative estimate of drug-likeness (QED) is 0.834. The third-order valence-corrected chi connectivity index (χ3v) is 4.91. The number of amides is 2. The van der Waals surface area contributed by atoms with Crippen LogP contribution in [0.3, 0.4) is 0 Å². The summed E-state index contributed by atoms with van der Waals surface area (Å²) >= 11 is 6.01. The monoisotopic (exact) mass is 386 g/mol. The van der Waals surface area contributed by atoms with Crippen molar-refractivity contribution in [2.45, 2.75) is 25.7 Å². The van der Waals surface area contributed by atoms with Crippen LogP contribution < -0.4 is 10.1 Å². The molecule has 5 nitrogen and oxygen atoms in total. The second-order valence-corrected chi connectivity index (χ2v) is 7.02. The predicted molar refractivity (Wildman–Crippen MR) is 107 cm³/mol. The molecule has 0 aromatic heterocycles. The van der Waals surface area contributed by atoms with Crippen LogP contribution in [0.5, 0.6) is 5.75 Å². The van der Waals surface area contributed by atoms with Crippen molar-refractivity contribution in [2.75, 3.05) is 25.5 Å². The normalized spacial score (nSPS) is 14.4. The van der Waals surface area contributed by atoms with Crippen molar-refractivity contribution in [1.29, 1.82) is 0 Å². The number of nitrogens with zero attached hydrogens (tertiary/aromatic N) is 1. The Bertz CT molecular complexity index is 830. The molecule has 2 aromatic rings. The highest BCUT2D eigenvalue weighted by molar-refractivity contribution is 6.31. The molecule has 142 valence electrons. The average molecular weight is 387 g/mol. The lowest BCUT2D eigenvalue weighted by Crippen LogP contribution is -2.32. The highest BCUT2D eigenvalue weighted by atomic mass is 35.5. The summed E-state index contributed by atoms with van der Waals surface area (Å²) in [5, 5.41) is 3.30. The number of nitrogens with one attached hydrogen (secondary N) is 1. The molecule has 0 radical (unpaired) electrons. The Morgan fingerprint density at radius 3 is 2.41 bits per heavy atom. The third kappa shape index (κ3) is 4.80. The molecule has 2 amide bonds. The van der Waals surface area contributed by atoms with Crippen molar-refractivity contribution < 1.29 is 14.3 Å². The van der Waals surface area contributed by atoms with Gasteiger partial charge in [0.15, 0.2) is 0 Å². The molecule has 1 aliphatic heterocycles. The van der Waals surface area contributed by atoms with Gasteiger partial charge in [-0.1, -0.05) is 30.5 Å². The summed E-state index contributed by atoms with van der Waals surface area (Å²) in [4.78, 5) is 27.3. The highest BCUT2D eigenvalue weighted by Gasteiger charge is 2.19. The number of rotatable bonds is 4. The van der Waals surface area contributed by atoms with E-state index in [1.807, 2.05) is 4.90 Å². The van der Waals surface area contributed by atoms with Crippen molar-refractivity contribution >= 4 is 29.1 Å². The predicted octanol–water partition coefficient (Wildman–Crippen LogP) is 4.62. The van der Waals surface area contributed by atoms with Crippen molar-refractivity contribution in [1.82, 2.24) is 4.90 Å². The fraction of sp³-hybridized carbons (Fsp3) is 0.333. The number of likely N-dealkylation sites (tertiary alicyclic amines) is 1. The van der Waals surface area contributed by atoms with Gasteiger partial charge in [-0.05, 0) is 49.2 Å². The lowest BCUT2D eigenvalue weighted by Gasteiger charge is -2.20. The maximum atomic E-state index is 12.8. The van der Waals surface area contributed by atoms with Gasteiger partial charge in [-0.15, -0.1) is 0 Å². The van der Waals surface area contributed by atoms with E-state index in [0.29, 0.717) is 27.6 Å². The van der Waals surface area contributed by atoms with Gasteiger partial charge >= 0.3 is 0 Å². The van der Waals surface area contributed by atoms with E-state index in [4.69, 9.17) is 16.3 Å². The molecular formula is C21H23ClN2O3. The molecule has 2 aromatic carbocycles. The molecule has 0 bridgehead atoms. The van der Waals surface area contributed by atoms with Gasteiger partial charge in [-0.3, -0.25) is 9.59 Å². The van der Waals surface area contributed by atoms with Gasteiger partial charge in [0.05, 0.1) is 12.8 Å². The number of carbonyl (C=O) groups excluding carboxylic acids is 2. The largest absolute Gasteiger partial charge is 0.495 e. The molecule has 6 heteroatoms. The van der Waals surface area contributed by atoms with Gasteiger partial charge in [0.25, 0.3) is 11.8 Å². The van der Waals surface area contributed by atoms with Crippen LogP contribution in [-0.4, -0.2) is 36.9 Å². The first-order chi connectivity index (χ1) is 13.1. The van der Waals surface area contributed by atoms with Crippen molar-refractivity contribution in [3.63, 3.8) is 0 Å². The second-order valence-electron chi connectivity index (χ2n) is 6.59. The molecule has 1 heterocycles. The Balaban J connectivity index is 1.77. The van der Waals surface area contributed by atoms with E-state index in [-0.39, 0.29) is 11.8 Å². The number of hydrogen-bond donors (Lipinski definition) is 1. The molecular weight excluding hydrogens is 364 g/mol. The first-order valence-corrected chi connectivity index (χ1v) is 9.50. The van der Waals surface area contributed by atoms with E-state index < -0.39 is 0 Å². The molecule has 0 unspecified atom stereocenters. The molecule has 1 fully saturated rings. The topological polar surface area (TPSA) is 58.6 Å². The fourth-order valence-corrected chi connectivity index (χ4v) is 3.39. The Labute approximate surface area is 164 Å². The molecule has 27 heavy (non-hydrogen) atoms. The average Bonchev–Trinajstić information content (AvgIpc) is 2.97. The van der Waals surface area contributed by atoms with E-state index in [0.717, 1.165) is 38.8 Å². The van der Waals surface area contributed by atoms with Crippen LogP contribution in [0.25, 0.3) is 0 Å². The number of carbonyl (C=O) groups is 2. The Morgan fingerprint density at radius 1 is 1.00 bits per heavy atom. The summed E-state index contributed by atoms with van der Waals surface area (Å²) < 4.78 is 5.26. The molecule has 1 aliphatic rings. The van der Waals surface area contributed by atoms with Crippen molar-refractivity contribution in [3.05, 3.63) is 58.6 Å². The lowest BCUT2D eigenvalue weighted by molar-refractivity contribution is 0.0761. The van der Waals surface area contributed by atoms with Gasteiger partial charge < -0.3 is 15.0 Å². The standard InChI is InChI=1S/C21H23ClN2O3/c1-27-19-10-9-17(22)14-18(19)23-20(25)15-7-6-8-16(13-15)21(26)24-11-4-2-3-5-12-24/h6-10,13-14H,2-5,11-12H2,1H3,(H,23,25). The number of hydrogen-bond acceptors (Lipinski definition) is 3. The summed E-state index contributed by atoms with van der Waals surface area (Å²) in [6.45, 7) is 1.55. The SMILES string of the molecule is COc1ccc(Cl)cc1NC(=O)c1cccc(C(=O)N2CCCCCC2)c1. The third-order valence-electron chi connectivity index (χ3n) is 4.67. The molecule has 0 saturated carbocycles. The van der Waals surface area contributed by atoms with Crippen LogP contribution in [-0.2, 0) is 0 Å². The summed E-state index contributed by atoms with van der Waals surface area (Å²) in [7, 11) is 1.53. The number of benzene rings is 2. The summed E-state index contributed by atoms with van der Waals surface area (Å²) in [5.74, 6) is 0.178. The van der Waals surface area contributed by atoms with E-state index in [1.165, 1.54) is 7.11 Å². The number of methoxy groups -OCH3 is 1. The molecule has 1 saturated heterocycles. The van der Waals surface area contributed by atoms with Crippen LogP contribution in [0.1, 0.15) is 46.4 Å². The van der Waals surface area contributed by atoms with Gasteiger partial charge in [0, 0.05) is 29.2 Å². The van der Waals surface area contributed by atoms with E-state index >= 15 is 0 Å². The van der Waals surface area contributed by atoms with E-state index in [2.05, 4.69) is 5.32 Å². The lowest BCUT2D eigenvalue weighted by atomic mass is 10.1. The smallest absolute Gasteiger partial charge is 0.255 e. The Kier molecular flexibility index (Phi) is 6.35. The van der Waals surface area contributed by atoms with Crippen LogP contribution in [0.15, 0.2) is 42.5 Å². The maximum absolute atomic E-state index is 12.8. The first kappa shape index (κ1) is 19.2. The van der Waals surface area contributed by atoms with Gasteiger partial charge in [0.1, 0.15) is 5.75 Å². The van der Waals surface area contributed by atoms with E-state index in [9.17, 15) is 9.59 Å². The Hall–Kier alpha value is -2.53. The van der Waals surface area contributed by atoms with E-state index in [1.54, 1.807) is 42.5 Å². The summed E-state index contributed by atoms with van der Waals surface area (Å²) in [5.41, 5.74) is 1.43. The zero-order valence-electron chi connectivity index (χ0n) is 15.3. The minimum absolute atomic E-state index is 0.0214. The zero-order chi connectivity index (χ0) is 19.2. The van der Waals surface area contributed by atoms with Crippen LogP contribution in [0, 0.1) is 0 Å². The number of halogens is 1. The highest BCUT2D eigenvalue weighted by Crippen LogP contribution is 2.28. The number of ether oxygens (including phenoxy) is 1. The Morgan fingerprint density at radius 2 is 1.70 bits per heavy atom. The molecule has 0 aliphatic carbocycles.